The van der Waals surface area contributed by atoms with Gasteiger partial charge in [0.1, 0.15) is 0 Å². The van der Waals surface area contributed by atoms with Gasteiger partial charge in [0.15, 0.2) is 0 Å². The summed E-state index contributed by atoms with van der Waals surface area (Å²) < 4.78 is 2.34. The molecule has 0 fully saturated rings. The standard InChI is InChI=1S/C30H20Br2S/c31-26-15-16-28(25-14-13-24(30(25)26)20-9-5-2-6-10-20)33-22-17-21-11-12-23(29(21)27(32)18-22)19-7-3-1-4-8-19/h1-18,23-24H. The lowest BCUT2D eigenvalue weighted by atomic mass is 9.93. The Morgan fingerprint density at radius 2 is 1.24 bits per heavy atom. The summed E-state index contributed by atoms with van der Waals surface area (Å²) in [6.07, 6.45) is 9.18. The van der Waals surface area contributed by atoms with Crippen LogP contribution in [0.1, 0.15) is 45.2 Å². The zero-order chi connectivity index (χ0) is 22.4. The number of rotatable bonds is 4. The third-order valence-corrected chi connectivity index (χ3v) is 8.81. The summed E-state index contributed by atoms with van der Waals surface area (Å²) in [5, 5.41) is 0. The van der Waals surface area contributed by atoms with Gasteiger partial charge in [0.2, 0.25) is 0 Å². The van der Waals surface area contributed by atoms with E-state index in [2.05, 4.69) is 141 Å². The van der Waals surface area contributed by atoms with E-state index in [1.165, 1.54) is 52.1 Å². The van der Waals surface area contributed by atoms with Crippen LogP contribution in [0.5, 0.6) is 0 Å². The van der Waals surface area contributed by atoms with Gasteiger partial charge in [-0.1, -0.05) is 129 Å². The van der Waals surface area contributed by atoms with E-state index >= 15 is 0 Å². The van der Waals surface area contributed by atoms with Crippen LogP contribution < -0.4 is 0 Å². The molecule has 0 bridgehead atoms. The molecule has 0 aliphatic heterocycles. The van der Waals surface area contributed by atoms with Crippen LogP contribution in [0, 0.1) is 0 Å². The first-order chi connectivity index (χ1) is 16.2. The summed E-state index contributed by atoms with van der Waals surface area (Å²) in [7, 11) is 0. The van der Waals surface area contributed by atoms with E-state index in [1.54, 1.807) is 0 Å². The summed E-state index contributed by atoms with van der Waals surface area (Å²) in [6.45, 7) is 0. The van der Waals surface area contributed by atoms with Crippen LogP contribution >= 0.6 is 43.6 Å². The van der Waals surface area contributed by atoms with E-state index < -0.39 is 0 Å². The van der Waals surface area contributed by atoms with Gasteiger partial charge in [-0.05, 0) is 57.6 Å². The Morgan fingerprint density at radius 1 is 0.606 bits per heavy atom. The van der Waals surface area contributed by atoms with Crippen LogP contribution in [-0.4, -0.2) is 0 Å². The molecule has 4 aromatic rings. The van der Waals surface area contributed by atoms with Crippen LogP contribution in [0.25, 0.3) is 12.2 Å². The molecule has 3 heteroatoms. The third kappa shape index (κ3) is 3.86. The van der Waals surface area contributed by atoms with Crippen LogP contribution in [-0.2, 0) is 0 Å². The van der Waals surface area contributed by atoms with E-state index in [0.29, 0.717) is 5.92 Å². The van der Waals surface area contributed by atoms with Crippen molar-refractivity contribution in [2.24, 2.45) is 0 Å². The van der Waals surface area contributed by atoms with Crippen molar-refractivity contribution in [2.45, 2.75) is 21.6 Å². The molecule has 0 saturated carbocycles. The SMILES string of the molecule is Brc1cc(Sc2ccc(Br)c3c2C=CC3c2ccccc2)cc2c1C(c1ccccc1)C=C2. The Kier molecular flexibility index (Phi) is 5.65. The van der Waals surface area contributed by atoms with Gasteiger partial charge in [0.05, 0.1) is 0 Å². The van der Waals surface area contributed by atoms with Crippen LogP contribution in [0.4, 0.5) is 0 Å². The van der Waals surface area contributed by atoms with Crippen molar-refractivity contribution in [1.82, 2.24) is 0 Å². The fourth-order valence-corrected chi connectivity index (χ4v) is 7.40. The van der Waals surface area contributed by atoms with Crippen LogP contribution in [0.15, 0.2) is 116 Å². The second kappa shape index (κ2) is 8.79. The monoisotopic (exact) mass is 570 g/mol. The predicted octanol–water partition coefficient (Wildman–Crippen LogP) is 9.68. The molecule has 2 unspecified atom stereocenters. The second-order valence-electron chi connectivity index (χ2n) is 8.38. The molecule has 0 nitrogen and oxygen atoms in total. The highest BCUT2D eigenvalue weighted by molar-refractivity contribution is 9.10. The molecular weight excluding hydrogens is 552 g/mol. The first-order valence-electron chi connectivity index (χ1n) is 11.0. The smallest absolute Gasteiger partial charge is 0.0290 e. The Balaban J connectivity index is 1.35. The highest BCUT2D eigenvalue weighted by Gasteiger charge is 2.26. The van der Waals surface area contributed by atoms with Gasteiger partial charge in [-0.2, -0.15) is 0 Å². The zero-order valence-electron chi connectivity index (χ0n) is 17.7. The Bertz CT molecular complexity index is 1400. The molecule has 2 aliphatic rings. The van der Waals surface area contributed by atoms with Gasteiger partial charge in [-0.15, -0.1) is 0 Å². The minimum atomic E-state index is 0.289. The van der Waals surface area contributed by atoms with Gasteiger partial charge in [0, 0.05) is 30.6 Å². The summed E-state index contributed by atoms with van der Waals surface area (Å²) in [4.78, 5) is 2.54. The average molecular weight is 572 g/mol. The van der Waals surface area contributed by atoms with E-state index in [-0.39, 0.29) is 5.92 Å². The molecule has 6 rings (SSSR count). The first kappa shape index (κ1) is 21.2. The predicted molar refractivity (Wildman–Crippen MR) is 147 cm³/mol. The molecule has 33 heavy (non-hydrogen) atoms. The van der Waals surface area contributed by atoms with Crippen molar-refractivity contribution in [3.8, 4) is 0 Å². The quantitative estimate of drug-likeness (QED) is 0.235. The number of hydrogen-bond donors (Lipinski definition) is 0. The number of halogens is 2. The van der Waals surface area contributed by atoms with E-state index in [1.807, 2.05) is 11.8 Å². The van der Waals surface area contributed by atoms with Crippen molar-refractivity contribution in [3.05, 3.63) is 139 Å². The fourth-order valence-electron chi connectivity index (χ4n) is 4.89. The molecule has 0 N–H and O–H groups in total. The van der Waals surface area contributed by atoms with Crippen molar-refractivity contribution in [2.75, 3.05) is 0 Å². The highest BCUT2D eigenvalue weighted by atomic mass is 79.9. The summed E-state index contributed by atoms with van der Waals surface area (Å²) in [5.41, 5.74) is 7.99. The van der Waals surface area contributed by atoms with Gasteiger partial charge in [-0.3, -0.25) is 0 Å². The summed E-state index contributed by atoms with van der Waals surface area (Å²) in [5.74, 6) is 0.596. The largest absolute Gasteiger partial charge is 0.0894 e. The molecule has 0 spiro atoms. The average Bonchev–Trinajstić information content (AvgIpc) is 3.48. The van der Waals surface area contributed by atoms with E-state index in [9.17, 15) is 0 Å². The minimum Gasteiger partial charge on any atom is -0.0894 e. The molecule has 0 saturated heterocycles. The molecular formula is C30H20Br2S. The zero-order valence-corrected chi connectivity index (χ0v) is 21.7. The van der Waals surface area contributed by atoms with Gasteiger partial charge >= 0.3 is 0 Å². The van der Waals surface area contributed by atoms with Crippen LogP contribution in [0.3, 0.4) is 0 Å². The van der Waals surface area contributed by atoms with Gasteiger partial charge in [0.25, 0.3) is 0 Å². The maximum Gasteiger partial charge on any atom is 0.0290 e. The lowest BCUT2D eigenvalue weighted by Crippen LogP contribution is -1.98. The molecule has 0 amide bonds. The maximum absolute atomic E-state index is 3.89. The van der Waals surface area contributed by atoms with Crippen molar-refractivity contribution < 1.29 is 0 Å². The molecule has 2 aliphatic carbocycles. The summed E-state index contributed by atoms with van der Waals surface area (Å²) >= 11 is 9.55. The molecule has 0 radical (unpaired) electrons. The maximum atomic E-state index is 3.89. The van der Waals surface area contributed by atoms with Crippen molar-refractivity contribution >= 4 is 55.8 Å². The molecule has 0 aromatic heterocycles. The Hall–Kier alpha value is -2.33. The molecule has 0 heterocycles. The molecule has 2 atom stereocenters. The molecule has 160 valence electrons. The lowest BCUT2D eigenvalue weighted by molar-refractivity contribution is 1.03. The third-order valence-electron chi connectivity index (χ3n) is 6.42. The first-order valence-corrected chi connectivity index (χ1v) is 13.4. The molecule has 4 aromatic carbocycles. The van der Waals surface area contributed by atoms with E-state index in [0.717, 1.165) is 0 Å². The highest BCUT2D eigenvalue weighted by Crippen LogP contribution is 2.47. The number of benzene rings is 4. The van der Waals surface area contributed by atoms with Crippen LogP contribution in [0.2, 0.25) is 0 Å². The fraction of sp³-hybridized carbons (Fsp3) is 0.0667. The van der Waals surface area contributed by atoms with Gasteiger partial charge in [-0.25, -0.2) is 0 Å². The van der Waals surface area contributed by atoms with Gasteiger partial charge < -0.3 is 0 Å². The Morgan fingerprint density at radius 3 is 1.94 bits per heavy atom. The minimum absolute atomic E-state index is 0.289. The number of allylic oxidation sites excluding steroid dienone is 2. The van der Waals surface area contributed by atoms with Crippen molar-refractivity contribution in [1.29, 1.82) is 0 Å². The number of hydrogen-bond acceptors (Lipinski definition) is 1. The van der Waals surface area contributed by atoms with Crippen molar-refractivity contribution in [3.63, 3.8) is 0 Å². The topological polar surface area (TPSA) is 0 Å². The number of fused-ring (bicyclic) bond motifs is 2. The normalized spacial score (nSPS) is 17.9. The van der Waals surface area contributed by atoms with E-state index in [4.69, 9.17) is 0 Å². The summed E-state index contributed by atoms with van der Waals surface area (Å²) in [6, 6.07) is 30.5. The second-order valence-corrected chi connectivity index (χ2v) is 11.2. The Labute approximate surface area is 215 Å². The lowest BCUT2D eigenvalue weighted by Gasteiger charge is -2.17.